The van der Waals surface area contributed by atoms with Crippen LogP contribution in [0.25, 0.3) is 0 Å². The van der Waals surface area contributed by atoms with Gasteiger partial charge in [-0.05, 0) is 6.42 Å². The highest BCUT2D eigenvalue weighted by molar-refractivity contribution is 5.76. The van der Waals surface area contributed by atoms with Crippen LogP contribution in [-0.4, -0.2) is 37.6 Å². The van der Waals surface area contributed by atoms with Crippen molar-refractivity contribution in [2.24, 2.45) is 11.1 Å². The fourth-order valence-corrected chi connectivity index (χ4v) is 1.81. The number of hydrogen-bond acceptors (Lipinski definition) is 3. The molecule has 0 saturated heterocycles. The summed E-state index contributed by atoms with van der Waals surface area (Å²) in [6.07, 6.45) is -1.62. The third-order valence-electron chi connectivity index (χ3n) is 3.40. The van der Waals surface area contributed by atoms with Gasteiger partial charge in [-0.1, -0.05) is 13.8 Å². The maximum atomic E-state index is 11.7. The molecule has 1 fully saturated rings. The van der Waals surface area contributed by atoms with Gasteiger partial charge in [0.25, 0.3) is 6.43 Å². The molecule has 0 bridgehead atoms. The Morgan fingerprint density at radius 1 is 1.59 bits per heavy atom. The first-order valence-corrected chi connectivity index (χ1v) is 5.75. The van der Waals surface area contributed by atoms with Gasteiger partial charge in [-0.15, -0.1) is 0 Å². The second kappa shape index (κ2) is 5.73. The zero-order chi connectivity index (χ0) is 13.1. The Balaban J connectivity index is 2.14. The SMILES string of the molecule is CC1(C)C(N)CC1NC(=O)CCOCC(F)F. The van der Waals surface area contributed by atoms with E-state index in [1.54, 1.807) is 0 Å². The van der Waals surface area contributed by atoms with E-state index < -0.39 is 13.0 Å². The van der Waals surface area contributed by atoms with E-state index in [0.717, 1.165) is 6.42 Å². The number of nitrogens with two attached hydrogens (primary N) is 1. The molecule has 2 unspecified atom stereocenters. The van der Waals surface area contributed by atoms with Crippen molar-refractivity contribution in [2.75, 3.05) is 13.2 Å². The van der Waals surface area contributed by atoms with E-state index in [2.05, 4.69) is 10.1 Å². The van der Waals surface area contributed by atoms with Gasteiger partial charge in [0.05, 0.1) is 6.61 Å². The zero-order valence-corrected chi connectivity index (χ0v) is 10.2. The van der Waals surface area contributed by atoms with E-state index in [1.165, 1.54) is 0 Å². The Labute approximate surface area is 99.9 Å². The number of carbonyl (C=O) groups excluding carboxylic acids is 1. The van der Waals surface area contributed by atoms with Gasteiger partial charge in [0.15, 0.2) is 0 Å². The highest BCUT2D eigenvalue weighted by Crippen LogP contribution is 2.38. The molecule has 100 valence electrons. The molecule has 1 aliphatic rings. The van der Waals surface area contributed by atoms with E-state index in [1.807, 2.05) is 13.8 Å². The van der Waals surface area contributed by atoms with Gasteiger partial charge in [0.1, 0.15) is 6.61 Å². The first kappa shape index (κ1) is 14.3. The summed E-state index contributed by atoms with van der Waals surface area (Å²) >= 11 is 0. The van der Waals surface area contributed by atoms with Gasteiger partial charge in [-0.2, -0.15) is 0 Å². The minimum absolute atomic E-state index is 0.0232. The molecule has 0 aromatic carbocycles. The van der Waals surface area contributed by atoms with E-state index >= 15 is 0 Å². The largest absolute Gasteiger partial charge is 0.375 e. The fourth-order valence-electron chi connectivity index (χ4n) is 1.81. The van der Waals surface area contributed by atoms with Crippen LogP contribution in [0, 0.1) is 5.41 Å². The van der Waals surface area contributed by atoms with Crippen LogP contribution in [0.2, 0.25) is 0 Å². The summed E-state index contributed by atoms with van der Waals surface area (Å²) in [7, 11) is 0. The summed E-state index contributed by atoms with van der Waals surface area (Å²) in [4.78, 5) is 11.5. The average Bonchev–Trinajstić information content (AvgIpc) is 2.24. The number of alkyl halides is 2. The van der Waals surface area contributed by atoms with Crippen molar-refractivity contribution < 1.29 is 18.3 Å². The zero-order valence-electron chi connectivity index (χ0n) is 10.2. The molecular formula is C11H20F2N2O2. The van der Waals surface area contributed by atoms with Gasteiger partial charge < -0.3 is 15.8 Å². The van der Waals surface area contributed by atoms with Crippen LogP contribution in [0.15, 0.2) is 0 Å². The number of ether oxygens (including phenoxy) is 1. The monoisotopic (exact) mass is 250 g/mol. The van der Waals surface area contributed by atoms with E-state index in [4.69, 9.17) is 5.73 Å². The molecule has 4 nitrogen and oxygen atoms in total. The van der Waals surface area contributed by atoms with E-state index in [0.29, 0.717) is 0 Å². The van der Waals surface area contributed by atoms with Crippen molar-refractivity contribution in [2.45, 2.75) is 45.2 Å². The van der Waals surface area contributed by atoms with Crippen LogP contribution in [0.3, 0.4) is 0 Å². The van der Waals surface area contributed by atoms with E-state index in [-0.39, 0.29) is 36.4 Å². The normalized spacial score (nSPS) is 26.7. The Morgan fingerprint density at radius 2 is 2.24 bits per heavy atom. The minimum atomic E-state index is -2.48. The van der Waals surface area contributed by atoms with Crippen LogP contribution < -0.4 is 11.1 Å². The number of rotatable bonds is 6. The highest BCUT2D eigenvalue weighted by atomic mass is 19.3. The number of carbonyl (C=O) groups is 1. The summed E-state index contributed by atoms with van der Waals surface area (Å²) < 4.78 is 28.1. The second-order valence-corrected chi connectivity index (χ2v) is 5.00. The second-order valence-electron chi connectivity index (χ2n) is 5.00. The number of amides is 1. The fraction of sp³-hybridized carbons (Fsp3) is 0.909. The van der Waals surface area contributed by atoms with Crippen molar-refractivity contribution in [3.05, 3.63) is 0 Å². The first-order chi connectivity index (χ1) is 7.84. The van der Waals surface area contributed by atoms with Crippen LogP contribution in [-0.2, 0) is 9.53 Å². The molecule has 0 aliphatic heterocycles. The number of hydrogen-bond donors (Lipinski definition) is 2. The molecule has 0 aromatic rings. The molecule has 0 aromatic heterocycles. The standard InChI is InChI=1S/C11H20F2N2O2/c1-11(2)7(14)5-8(11)15-10(16)3-4-17-6-9(12)13/h7-9H,3-6,14H2,1-2H3,(H,15,16). The third kappa shape index (κ3) is 3.89. The predicted molar refractivity (Wildman–Crippen MR) is 59.7 cm³/mol. The van der Waals surface area contributed by atoms with Crippen molar-refractivity contribution >= 4 is 5.91 Å². The lowest BCUT2D eigenvalue weighted by molar-refractivity contribution is -0.125. The summed E-state index contributed by atoms with van der Waals surface area (Å²) in [5.41, 5.74) is 5.72. The van der Waals surface area contributed by atoms with Crippen LogP contribution in [0.5, 0.6) is 0 Å². The van der Waals surface area contributed by atoms with Crippen molar-refractivity contribution in [3.63, 3.8) is 0 Å². The highest BCUT2D eigenvalue weighted by Gasteiger charge is 2.46. The molecule has 2 atom stereocenters. The quantitative estimate of drug-likeness (QED) is 0.688. The molecule has 6 heteroatoms. The lowest BCUT2D eigenvalue weighted by atomic mass is 9.63. The Kier molecular flexibility index (Phi) is 4.82. The molecule has 3 N–H and O–H groups in total. The third-order valence-corrected chi connectivity index (χ3v) is 3.40. The van der Waals surface area contributed by atoms with Crippen molar-refractivity contribution in [3.8, 4) is 0 Å². The lowest BCUT2D eigenvalue weighted by Gasteiger charge is -2.50. The Morgan fingerprint density at radius 3 is 2.71 bits per heavy atom. The van der Waals surface area contributed by atoms with Gasteiger partial charge in [0.2, 0.25) is 5.91 Å². The smallest absolute Gasteiger partial charge is 0.261 e. The van der Waals surface area contributed by atoms with Crippen molar-refractivity contribution in [1.82, 2.24) is 5.32 Å². The van der Waals surface area contributed by atoms with Crippen LogP contribution in [0.4, 0.5) is 8.78 Å². The number of nitrogens with one attached hydrogen (secondary N) is 1. The maximum absolute atomic E-state index is 11.7. The topological polar surface area (TPSA) is 64.3 Å². The van der Waals surface area contributed by atoms with Crippen LogP contribution >= 0.6 is 0 Å². The lowest BCUT2D eigenvalue weighted by Crippen LogP contribution is -2.64. The van der Waals surface area contributed by atoms with Gasteiger partial charge in [-0.3, -0.25) is 4.79 Å². The van der Waals surface area contributed by atoms with Gasteiger partial charge in [0, 0.05) is 23.9 Å². The van der Waals surface area contributed by atoms with Crippen molar-refractivity contribution in [1.29, 1.82) is 0 Å². The molecule has 0 heterocycles. The van der Waals surface area contributed by atoms with Gasteiger partial charge in [-0.25, -0.2) is 8.78 Å². The molecule has 17 heavy (non-hydrogen) atoms. The molecular weight excluding hydrogens is 230 g/mol. The molecule has 1 saturated carbocycles. The molecule has 0 radical (unpaired) electrons. The van der Waals surface area contributed by atoms with Gasteiger partial charge >= 0.3 is 0 Å². The predicted octanol–water partition coefficient (Wildman–Crippen LogP) is 0.900. The van der Waals surface area contributed by atoms with Crippen LogP contribution in [0.1, 0.15) is 26.7 Å². The average molecular weight is 250 g/mol. The summed E-state index contributed by atoms with van der Waals surface area (Å²) in [5.74, 6) is -0.177. The molecule has 0 spiro atoms. The summed E-state index contributed by atoms with van der Waals surface area (Å²) in [6.45, 7) is 3.40. The summed E-state index contributed by atoms with van der Waals surface area (Å²) in [5, 5.41) is 2.84. The van der Waals surface area contributed by atoms with E-state index in [9.17, 15) is 13.6 Å². The minimum Gasteiger partial charge on any atom is -0.375 e. The molecule has 1 aliphatic carbocycles. The Bertz CT molecular complexity index is 272. The molecule has 1 amide bonds. The summed E-state index contributed by atoms with van der Waals surface area (Å²) in [6, 6.07) is 0.169. The maximum Gasteiger partial charge on any atom is 0.261 e. The molecule has 1 rings (SSSR count). The Hall–Kier alpha value is -0.750. The first-order valence-electron chi connectivity index (χ1n) is 5.75. The number of halogens is 2.